The van der Waals surface area contributed by atoms with Crippen LogP contribution in [0.4, 0.5) is 20.3 Å². The molecule has 3 rings (SSSR count). The van der Waals surface area contributed by atoms with Crippen molar-refractivity contribution in [3.05, 3.63) is 23.8 Å². The van der Waals surface area contributed by atoms with Crippen molar-refractivity contribution in [2.45, 2.75) is 37.8 Å². The van der Waals surface area contributed by atoms with Gasteiger partial charge in [0.25, 0.3) is 5.92 Å². The summed E-state index contributed by atoms with van der Waals surface area (Å²) < 4.78 is 26.4. The van der Waals surface area contributed by atoms with Crippen molar-refractivity contribution in [2.24, 2.45) is 0 Å². The monoisotopic (exact) mass is 300 g/mol. The summed E-state index contributed by atoms with van der Waals surface area (Å²) in [6.45, 7) is 5.97. The lowest BCUT2D eigenvalue weighted by atomic mass is 9.85. The predicted octanol–water partition coefficient (Wildman–Crippen LogP) is 3.09. The fourth-order valence-corrected chi connectivity index (χ4v) is 3.00. The maximum Gasteiger partial charge on any atom is 0.252 e. The minimum atomic E-state index is -2.58. The first kappa shape index (κ1) is 13.5. The van der Waals surface area contributed by atoms with Crippen LogP contribution in [0, 0.1) is 0 Å². The smallest absolute Gasteiger partial charge is 0.252 e. The molecule has 0 spiro atoms. The highest BCUT2D eigenvalue weighted by atomic mass is 35.5. The van der Waals surface area contributed by atoms with Gasteiger partial charge in [-0.3, -0.25) is 0 Å². The number of halogens is 3. The van der Waals surface area contributed by atoms with Crippen LogP contribution in [0.1, 0.15) is 19.8 Å². The van der Waals surface area contributed by atoms with Crippen molar-refractivity contribution in [3.8, 4) is 0 Å². The minimum absolute atomic E-state index is 0.0976. The summed E-state index contributed by atoms with van der Waals surface area (Å²) in [4.78, 5) is 12.0. The van der Waals surface area contributed by atoms with Gasteiger partial charge in [0.15, 0.2) is 5.82 Å². The average molecular weight is 301 g/mol. The summed E-state index contributed by atoms with van der Waals surface area (Å²) in [7, 11) is 1.86. The zero-order valence-corrected chi connectivity index (χ0v) is 12.0. The molecular weight excluding hydrogens is 286 g/mol. The summed E-state index contributed by atoms with van der Waals surface area (Å²) in [5.74, 6) is -1.97. The molecule has 2 aliphatic rings. The van der Waals surface area contributed by atoms with Crippen LogP contribution in [-0.2, 0) is 0 Å². The van der Waals surface area contributed by atoms with E-state index in [1.165, 1.54) is 0 Å². The van der Waals surface area contributed by atoms with Crippen molar-refractivity contribution in [2.75, 3.05) is 16.8 Å². The number of hydrogen-bond donors (Lipinski definition) is 0. The Balaban J connectivity index is 2.03. The Morgan fingerprint density at radius 3 is 2.70 bits per heavy atom. The van der Waals surface area contributed by atoms with E-state index >= 15 is 0 Å². The first-order valence-corrected chi connectivity index (χ1v) is 6.79. The second-order valence-electron chi connectivity index (χ2n) is 5.40. The van der Waals surface area contributed by atoms with Crippen molar-refractivity contribution >= 4 is 23.1 Å². The van der Waals surface area contributed by atoms with Crippen molar-refractivity contribution in [1.29, 1.82) is 0 Å². The molecule has 2 heterocycles. The van der Waals surface area contributed by atoms with Crippen molar-refractivity contribution in [1.82, 2.24) is 9.97 Å². The molecule has 1 aromatic rings. The lowest BCUT2D eigenvalue weighted by Crippen LogP contribution is -2.57. The van der Waals surface area contributed by atoms with Gasteiger partial charge in [0.05, 0.1) is 12.2 Å². The molecule has 1 saturated carbocycles. The van der Waals surface area contributed by atoms with Gasteiger partial charge in [0.1, 0.15) is 5.69 Å². The number of anilines is 2. The minimum Gasteiger partial charge on any atom is -0.343 e. The highest BCUT2D eigenvalue weighted by Crippen LogP contribution is 2.47. The number of fused-ring (bicyclic) bond motifs is 1. The molecule has 1 fully saturated rings. The molecular formula is C13H15ClF2N4. The first-order chi connectivity index (χ1) is 9.30. The molecule has 1 aliphatic carbocycles. The zero-order valence-electron chi connectivity index (χ0n) is 11.3. The molecule has 1 aliphatic heterocycles. The highest BCUT2D eigenvalue weighted by molar-refractivity contribution is 6.28. The second-order valence-corrected chi connectivity index (χ2v) is 5.74. The van der Waals surface area contributed by atoms with Gasteiger partial charge in [-0.15, -0.1) is 0 Å². The van der Waals surface area contributed by atoms with Gasteiger partial charge in [0.2, 0.25) is 5.28 Å². The second kappa shape index (κ2) is 4.28. The van der Waals surface area contributed by atoms with Gasteiger partial charge in [-0.1, -0.05) is 6.58 Å². The first-order valence-electron chi connectivity index (χ1n) is 6.41. The standard InChI is InChI=1S/C13H15ClF2N4/c1-7-8(2)20(9-4-13(15,16)5-9)11-10(19(7)3)6-17-12(14)18-11/h6,8-9H,1,4-5H2,2-3H3. The largest absolute Gasteiger partial charge is 0.343 e. The van der Waals surface area contributed by atoms with Crippen molar-refractivity contribution in [3.63, 3.8) is 0 Å². The van der Waals surface area contributed by atoms with E-state index in [2.05, 4.69) is 16.5 Å². The van der Waals surface area contributed by atoms with Gasteiger partial charge in [0, 0.05) is 31.6 Å². The third-order valence-corrected chi connectivity index (χ3v) is 4.30. The predicted molar refractivity (Wildman–Crippen MR) is 74.5 cm³/mol. The number of alkyl halides is 2. The Hall–Kier alpha value is -1.43. The maximum atomic E-state index is 13.2. The van der Waals surface area contributed by atoms with Crippen LogP contribution in [0.2, 0.25) is 5.28 Å². The number of aromatic nitrogens is 2. The van der Waals surface area contributed by atoms with Gasteiger partial charge < -0.3 is 9.80 Å². The van der Waals surface area contributed by atoms with Crippen LogP contribution in [0.15, 0.2) is 18.5 Å². The van der Waals surface area contributed by atoms with E-state index in [-0.39, 0.29) is 30.2 Å². The molecule has 1 atom stereocenters. The van der Waals surface area contributed by atoms with Crippen LogP contribution in [-0.4, -0.2) is 35.0 Å². The van der Waals surface area contributed by atoms with Gasteiger partial charge in [-0.25, -0.2) is 13.8 Å². The van der Waals surface area contributed by atoms with Crippen LogP contribution in [0.3, 0.4) is 0 Å². The number of rotatable bonds is 1. The fourth-order valence-electron chi connectivity index (χ4n) is 2.87. The molecule has 0 N–H and O–H groups in total. The molecule has 20 heavy (non-hydrogen) atoms. The molecule has 0 radical (unpaired) electrons. The zero-order chi connectivity index (χ0) is 14.7. The summed E-state index contributed by atoms with van der Waals surface area (Å²) in [5.41, 5.74) is 1.58. The molecule has 0 saturated heterocycles. The van der Waals surface area contributed by atoms with Gasteiger partial charge in [-0.2, -0.15) is 4.98 Å². The fraction of sp³-hybridized carbons (Fsp3) is 0.538. The third-order valence-electron chi connectivity index (χ3n) is 4.12. The Labute approximate surface area is 121 Å². The number of likely N-dealkylation sites (N-methyl/N-ethyl adjacent to an activating group) is 1. The number of hydrogen-bond acceptors (Lipinski definition) is 4. The SMILES string of the molecule is C=C1C(C)N(C2CC(F)(F)C2)c2nc(Cl)ncc2N1C. The van der Waals surface area contributed by atoms with E-state index in [9.17, 15) is 8.78 Å². The van der Waals surface area contributed by atoms with Crippen LogP contribution < -0.4 is 9.80 Å². The molecule has 108 valence electrons. The molecule has 1 aromatic heterocycles. The molecule has 7 heteroatoms. The Kier molecular flexibility index (Phi) is 2.90. The summed E-state index contributed by atoms with van der Waals surface area (Å²) >= 11 is 5.86. The van der Waals surface area contributed by atoms with Crippen LogP contribution in [0.5, 0.6) is 0 Å². The highest BCUT2D eigenvalue weighted by Gasteiger charge is 2.51. The Bertz CT molecular complexity index is 569. The Morgan fingerprint density at radius 2 is 2.10 bits per heavy atom. The molecule has 0 amide bonds. The molecule has 1 unspecified atom stereocenters. The molecule has 0 bridgehead atoms. The van der Waals surface area contributed by atoms with E-state index in [0.29, 0.717) is 5.82 Å². The lowest BCUT2D eigenvalue weighted by Gasteiger charge is -2.50. The van der Waals surface area contributed by atoms with E-state index in [1.54, 1.807) is 6.20 Å². The van der Waals surface area contributed by atoms with Crippen molar-refractivity contribution < 1.29 is 8.78 Å². The maximum absolute atomic E-state index is 13.2. The van der Waals surface area contributed by atoms with E-state index in [4.69, 9.17) is 11.6 Å². The van der Waals surface area contributed by atoms with E-state index in [1.807, 2.05) is 23.8 Å². The normalized spacial score (nSPS) is 25.4. The van der Waals surface area contributed by atoms with Gasteiger partial charge >= 0.3 is 0 Å². The third kappa shape index (κ3) is 1.93. The Morgan fingerprint density at radius 1 is 1.45 bits per heavy atom. The molecule has 0 aromatic carbocycles. The van der Waals surface area contributed by atoms with Crippen LogP contribution >= 0.6 is 11.6 Å². The summed E-state index contributed by atoms with van der Waals surface area (Å²) in [5, 5.41) is 0.118. The lowest BCUT2D eigenvalue weighted by molar-refractivity contribution is -0.0868. The topological polar surface area (TPSA) is 32.3 Å². The average Bonchev–Trinajstić information content (AvgIpc) is 2.34. The quantitative estimate of drug-likeness (QED) is 0.746. The summed E-state index contributed by atoms with van der Waals surface area (Å²) in [6, 6.07) is -0.338. The number of nitrogens with zero attached hydrogens (tertiary/aromatic N) is 4. The van der Waals surface area contributed by atoms with E-state index < -0.39 is 5.92 Å². The van der Waals surface area contributed by atoms with Gasteiger partial charge in [-0.05, 0) is 18.5 Å². The van der Waals surface area contributed by atoms with E-state index in [0.717, 1.165) is 11.4 Å². The van der Waals surface area contributed by atoms with Crippen LogP contribution in [0.25, 0.3) is 0 Å². The molecule has 4 nitrogen and oxygen atoms in total. The summed E-state index contributed by atoms with van der Waals surface area (Å²) in [6.07, 6.45) is 1.29.